The van der Waals surface area contributed by atoms with Crippen molar-refractivity contribution >= 4 is 29.3 Å². The van der Waals surface area contributed by atoms with E-state index in [1.54, 1.807) is 11.8 Å². The fraction of sp³-hybridized carbons (Fsp3) is 0.233. The number of nitrogens with zero attached hydrogens (tertiary/aromatic N) is 3. The van der Waals surface area contributed by atoms with Gasteiger partial charge in [-0.25, -0.2) is 4.68 Å². The lowest BCUT2D eigenvalue weighted by atomic mass is 9.95. The smallest absolute Gasteiger partial charge is 0.255 e. The van der Waals surface area contributed by atoms with Gasteiger partial charge in [-0.2, -0.15) is 4.98 Å². The number of hydrogen-bond acceptors (Lipinski definition) is 6. The van der Waals surface area contributed by atoms with Gasteiger partial charge in [0.1, 0.15) is 11.8 Å². The average molecular weight is 526 g/mol. The summed E-state index contributed by atoms with van der Waals surface area (Å²) in [4.78, 5) is 18.5. The first kappa shape index (κ1) is 25.6. The molecule has 38 heavy (non-hydrogen) atoms. The average Bonchev–Trinajstić information content (AvgIpc) is 3.31. The number of allylic oxidation sites excluding steroid dienone is 1. The van der Waals surface area contributed by atoms with Gasteiger partial charge in [-0.05, 0) is 62.6 Å². The van der Waals surface area contributed by atoms with Gasteiger partial charge >= 0.3 is 0 Å². The fourth-order valence-corrected chi connectivity index (χ4v) is 5.21. The second-order valence-electron chi connectivity index (χ2n) is 9.51. The first-order chi connectivity index (χ1) is 18.4. The van der Waals surface area contributed by atoms with Crippen LogP contribution in [0.1, 0.15) is 43.5 Å². The zero-order chi connectivity index (χ0) is 26.6. The standard InChI is InChI=1S/C30H31N5O2S/c1-19(2)37-24-16-14-23(15-17-24)27-26(28(36)32-25-13-9-8-10-20(25)3)21(4)31-29-33-30(34-35(27)29)38-18-22-11-6-5-7-12-22/h5-17,19,27H,18H2,1-4H3,(H,32,36)(H,31,33,34). The third-order valence-corrected chi connectivity index (χ3v) is 7.16. The molecule has 0 aliphatic carbocycles. The molecule has 4 aromatic rings. The highest BCUT2D eigenvalue weighted by Crippen LogP contribution is 2.37. The Kier molecular flexibility index (Phi) is 7.51. The number of aryl methyl sites for hydroxylation is 1. The number of para-hydroxylation sites is 1. The molecule has 0 radical (unpaired) electrons. The van der Waals surface area contributed by atoms with Crippen molar-refractivity contribution in [1.82, 2.24) is 14.8 Å². The Balaban J connectivity index is 1.50. The van der Waals surface area contributed by atoms with Gasteiger partial charge in [0.25, 0.3) is 5.91 Å². The topological polar surface area (TPSA) is 81.1 Å². The number of nitrogens with one attached hydrogen (secondary N) is 2. The minimum atomic E-state index is -0.457. The minimum Gasteiger partial charge on any atom is -0.491 e. The van der Waals surface area contributed by atoms with Gasteiger partial charge in [0.05, 0.1) is 11.7 Å². The number of rotatable bonds is 8. The maximum absolute atomic E-state index is 13.8. The molecule has 5 rings (SSSR count). The zero-order valence-electron chi connectivity index (χ0n) is 21.9. The largest absolute Gasteiger partial charge is 0.491 e. The van der Waals surface area contributed by atoms with E-state index in [9.17, 15) is 4.79 Å². The molecule has 2 heterocycles. The summed E-state index contributed by atoms with van der Waals surface area (Å²) in [7, 11) is 0. The molecule has 1 aliphatic heterocycles. The summed E-state index contributed by atoms with van der Waals surface area (Å²) in [6, 6.07) is 25.4. The second kappa shape index (κ2) is 11.1. The van der Waals surface area contributed by atoms with Crippen LogP contribution in [-0.2, 0) is 10.5 Å². The molecule has 0 fully saturated rings. The molecular formula is C30H31N5O2S. The molecular weight excluding hydrogens is 494 g/mol. The van der Waals surface area contributed by atoms with Gasteiger partial charge in [-0.3, -0.25) is 4.79 Å². The summed E-state index contributed by atoms with van der Waals surface area (Å²) in [5.74, 6) is 1.96. The Labute approximate surface area is 227 Å². The van der Waals surface area contributed by atoms with Crippen LogP contribution in [0.4, 0.5) is 11.6 Å². The highest BCUT2D eigenvalue weighted by molar-refractivity contribution is 7.98. The molecule has 7 nitrogen and oxygen atoms in total. The van der Waals surface area contributed by atoms with Crippen molar-refractivity contribution in [3.63, 3.8) is 0 Å². The lowest BCUT2D eigenvalue weighted by Gasteiger charge is -2.29. The molecule has 1 aliphatic rings. The van der Waals surface area contributed by atoms with E-state index in [0.717, 1.165) is 34.0 Å². The van der Waals surface area contributed by atoms with Crippen LogP contribution < -0.4 is 15.4 Å². The predicted molar refractivity (Wildman–Crippen MR) is 153 cm³/mol. The number of anilines is 2. The van der Waals surface area contributed by atoms with Crippen LogP contribution >= 0.6 is 11.8 Å². The van der Waals surface area contributed by atoms with Crippen LogP contribution in [0, 0.1) is 6.92 Å². The maximum Gasteiger partial charge on any atom is 0.255 e. The number of fused-ring (bicyclic) bond motifs is 1. The van der Waals surface area contributed by atoms with Crippen molar-refractivity contribution in [1.29, 1.82) is 0 Å². The van der Waals surface area contributed by atoms with Gasteiger partial charge < -0.3 is 15.4 Å². The number of ether oxygens (including phenoxy) is 1. The third-order valence-electron chi connectivity index (χ3n) is 6.25. The Morgan fingerprint density at radius 2 is 1.74 bits per heavy atom. The van der Waals surface area contributed by atoms with E-state index in [1.165, 1.54) is 5.56 Å². The number of benzene rings is 3. The van der Waals surface area contributed by atoms with Crippen LogP contribution in [-0.4, -0.2) is 26.8 Å². The van der Waals surface area contributed by atoms with E-state index in [1.807, 2.05) is 99.1 Å². The SMILES string of the molecule is CC1=C(C(=O)Nc2ccccc2C)C(c2ccc(OC(C)C)cc2)n2nc(SCc3ccccc3)nc2N1. The Morgan fingerprint density at radius 3 is 2.45 bits per heavy atom. The number of aromatic nitrogens is 3. The van der Waals surface area contributed by atoms with Crippen molar-refractivity contribution < 1.29 is 9.53 Å². The third kappa shape index (κ3) is 5.60. The first-order valence-corrected chi connectivity index (χ1v) is 13.6. The highest BCUT2D eigenvalue weighted by Gasteiger charge is 2.34. The molecule has 0 spiro atoms. The normalized spacial score (nSPS) is 14.7. The summed E-state index contributed by atoms with van der Waals surface area (Å²) in [5, 5.41) is 11.9. The Hall–Kier alpha value is -4.04. The molecule has 0 saturated carbocycles. The van der Waals surface area contributed by atoms with Gasteiger partial charge in [0.2, 0.25) is 11.1 Å². The molecule has 1 unspecified atom stereocenters. The van der Waals surface area contributed by atoms with Crippen molar-refractivity contribution in [3.05, 3.63) is 107 Å². The quantitative estimate of drug-likeness (QED) is 0.253. The van der Waals surface area contributed by atoms with Gasteiger partial charge in [0, 0.05) is 17.1 Å². The lowest BCUT2D eigenvalue weighted by molar-refractivity contribution is -0.113. The molecule has 1 aromatic heterocycles. The van der Waals surface area contributed by atoms with E-state index in [2.05, 4.69) is 22.8 Å². The van der Waals surface area contributed by atoms with Crippen LogP contribution in [0.15, 0.2) is 95.3 Å². The maximum atomic E-state index is 13.8. The number of amides is 1. The highest BCUT2D eigenvalue weighted by atomic mass is 32.2. The van der Waals surface area contributed by atoms with E-state index in [4.69, 9.17) is 14.8 Å². The van der Waals surface area contributed by atoms with Crippen molar-refractivity contribution in [2.45, 2.75) is 50.8 Å². The summed E-state index contributed by atoms with van der Waals surface area (Å²) in [5.41, 5.74) is 5.22. The van der Waals surface area contributed by atoms with Crippen molar-refractivity contribution in [3.8, 4) is 5.75 Å². The molecule has 3 aromatic carbocycles. The van der Waals surface area contributed by atoms with E-state index in [-0.39, 0.29) is 12.0 Å². The number of carbonyl (C=O) groups is 1. The molecule has 1 atom stereocenters. The molecule has 1 amide bonds. The van der Waals surface area contributed by atoms with E-state index >= 15 is 0 Å². The first-order valence-electron chi connectivity index (χ1n) is 12.6. The van der Waals surface area contributed by atoms with E-state index in [0.29, 0.717) is 16.7 Å². The predicted octanol–water partition coefficient (Wildman–Crippen LogP) is 6.59. The molecule has 0 saturated heterocycles. The summed E-state index contributed by atoms with van der Waals surface area (Å²) in [6.45, 7) is 7.88. The monoisotopic (exact) mass is 525 g/mol. The number of thioether (sulfide) groups is 1. The zero-order valence-corrected chi connectivity index (χ0v) is 22.8. The van der Waals surface area contributed by atoms with Crippen LogP contribution in [0.3, 0.4) is 0 Å². The minimum absolute atomic E-state index is 0.0726. The summed E-state index contributed by atoms with van der Waals surface area (Å²) < 4.78 is 7.66. The number of carbonyl (C=O) groups excluding carboxylic acids is 1. The summed E-state index contributed by atoms with van der Waals surface area (Å²) in [6.07, 6.45) is 0.0726. The molecule has 2 N–H and O–H groups in total. The van der Waals surface area contributed by atoms with Crippen LogP contribution in [0.5, 0.6) is 5.75 Å². The molecule has 8 heteroatoms. The van der Waals surface area contributed by atoms with Gasteiger partial charge in [0.15, 0.2) is 0 Å². The van der Waals surface area contributed by atoms with Crippen LogP contribution in [0.25, 0.3) is 0 Å². The lowest BCUT2D eigenvalue weighted by Crippen LogP contribution is -2.31. The second-order valence-corrected chi connectivity index (χ2v) is 10.5. The number of hydrogen-bond donors (Lipinski definition) is 2. The Bertz CT molecular complexity index is 1460. The Morgan fingerprint density at radius 1 is 1.03 bits per heavy atom. The van der Waals surface area contributed by atoms with Gasteiger partial charge in [-0.1, -0.05) is 72.4 Å². The fourth-order valence-electron chi connectivity index (χ4n) is 4.42. The summed E-state index contributed by atoms with van der Waals surface area (Å²) >= 11 is 1.57. The van der Waals surface area contributed by atoms with Crippen molar-refractivity contribution in [2.75, 3.05) is 10.6 Å². The molecule has 194 valence electrons. The van der Waals surface area contributed by atoms with E-state index < -0.39 is 6.04 Å². The van der Waals surface area contributed by atoms with Crippen LogP contribution in [0.2, 0.25) is 0 Å². The molecule has 0 bridgehead atoms. The van der Waals surface area contributed by atoms with Crippen molar-refractivity contribution in [2.24, 2.45) is 0 Å². The van der Waals surface area contributed by atoms with Gasteiger partial charge in [-0.15, -0.1) is 5.10 Å².